The van der Waals surface area contributed by atoms with Crippen molar-refractivity contribution in [1.82, 2.24) is 0 Å². The van der Waals surface area contributed by atoms with Crippen LogP contribution >= 0.6 is 0 Å². The number of allylic oxidation sites excluding steroid dienone is 12. The van der Waals surface area contributed by atoms with Crippen molar-refractivity contribution in [2.75, 3.05) is 47.5 Å². The van der Waals surface area contributed by atoms with Crippen molar-refractivity contribution in [1.29, 1.82) is 0 Å². The highest BCUT2D eigenvalue weighted by atomic mass is 16.7. The van der Waals surface area contributed by atoms with Crippen LogP contribution in [-0.2, 0) is 33.3 Å². The summed E-state index contributed by atoms with van der Waals surface area (Å²) < 4.78 is 22.9. The molecule has 0 fully saturated rings. The van der Waals surface area contributed by atoms with Gasteiger partial charge in [0.2, 0.25) is 0 Å². The number of unbranched alkanes of at least 4 members (excludes halogenated alkanes) is 29. The smallest absolute Gasteiger partial charge is 0.361 e. The molecule has 0 bridgehead atoms. The number of nitrogens with zero attached hydrogens (tertiary/aromatic N) is 1. The average Bonchev–Trinajstić information content (AvgIpc) is 3.37. The van der Waals surface area contributed by atoms with Crippen molar-refractivity contribution in [3.8, 4) is 0 Å². The number of carboxylic acids is 1. The van der Waals surface area contributed by atoms with Crippen LogP contribution in [0.5, 0.6) is 0 Å². The highest BCUT2D eigenvalue weighted by Gasteiger charge is 2.25. The second-order valence-corrected chi connectivity index (χ2v) is 21.6. The van der Waals surface area contributed by atoms with Gasteiger partial charge in [0.25, 0.3) is 6.29 Å². The SMILES string of the molecule is CC/C=C\C/C=C\C/C=C\C/C=C\C/C=C\C/C=C\CCCCCCCCCCCCCCC(=O)OC(COC(=O)CCCCCCCCCCCCCCCCCCCC)COC(OCC[N+](C)(C)C)C(=O)O. The number of rotatable bonds is 56. The van der Waals surface area contributed by atoms with E-state index in [9.17, 15) is 19.5 Å². The Labute approximate surface area is 456 Å². The third-order valence-corrected chi connectivity index (χ3v) is 13.2. The molecule has 0 saturated heterocycles. The van der Waals surface area contributed by atoms with E-state index < -0.39 is 24.3 Å². The molecule has 0 amide bonds. The average molecular weight is 1040 g/mol. The lowest BCUT2D eigenvalue weighted by molar-refractivity contribution is -0.870. The number of quaternary nitrogens is 1. The molecule has 0 aliphatic heterocycles. The maximum absolute atomic E-state index is 12.9. The molecule has 0 aromatic carbocycles. The number of likely N-dealkylation sites (N-methyl/N-ethyl adjacent to an activating group) is 1. The molecular weight excluding hydrogens is 923 g/mol. The van der Waals surface area contributed by atoms with Crippen LogP contribution in [0.2, 0.25) is 0 Å². The van der Waals surface area contributed by atoms with E-state index in [0.29, 0.717) is 17.4 Å². The second kappa shape index (κ2) is 55.9. The zero-order chi connectivity index (χ0) is 54.1. The minimum absolute atomic E-state index is 0.181. The lowest BCUT2D eigenvalue weighted by Gasteiger charge is -2.25. The molecule has 2 atom stereocenters. The van der Waals surface area contributed by atoms with Crippen molar-refractivity contribution >= 4 is 17.9 Å². The standard InChI is InChI=1S/C65H115NO8/c1-6-8-10-12-14-16-18-20-22-24-26-27-28-29-30-31-32-33-34-35-36-37-38-40-42-44-46-48-50-52-54-56-63(68)74-61(60-73-65(64(69)70)71-58-57-66(3,4)5)59-72-62(67)55-53-51-49-47-45-43-41-39-25-23-21-19-17-15-13-11-9-7-2/h8,10,14,16,20,22,26-27,29-30,32-33,61,65H,6-7,9,11-13,15,17-19,21,23-25,28,31,34-60H2,1-5H3/p+1/b10-8-,16-14-,22-20-,27-26-,30-29-,33-32-. The van der Waals surface area contributed by atoms with E-state index in [4.69, 9.17) is 18.9 Å². The molecule has 0 aliphatic rings. The predicted molar refractivity (Wildman–Crippen MR) is 313 cm³/mol. The van der Waals surface area contributed by atoms with Crippen molar-refractivity contribution < 1.29 is 42.9 Å². The molecule has 0 aromatic heterocycles. The number of carboxylic acid groups (broad SMARTS) is 1. The number of carbonyl (C=O) groups excluding carboxylic acids is 2. The number of esters is 2. The van der Waals surface area contributed by atoms with Gasteiger partial charge < -0.3 is 28.5 Å². The minimum Gasteiger partial charge on any atom is -0.477 e. The summed E-state index contributed by atoms with van der Waals surface area (Å²) in [5.74, 6) is -2.00. The van der Waals surface area contributed by atoms with Crippen LogP contribution in [0.25, 0.3) is 0 Å². The molecular formula is C65H116NO8+. The van der Waals surface area contributed by atoms with E-state index in [-0.39, 0.29) is 32.2 Å². The highest BCUT2D eigenvalue weighted by molar-refractivity contribution is 5.71. The maximum atomic E-state index is 12.9. The van der Waals surface area contributed by atoms with Crippen LogP contribution in [-0.4, -0.2) is 87.4 Å². The Morgan fingerprint density at radius 2 is 0.770 bits per heavy atom. The first-order chi connectivity index (χ1) is 36.1. The minimum atomic E-state index is -1.51. The van der Waals surface area contributed by atoms with Crippen LogP contribution in [0.4, 0.5) is 0 Å². The van der Waals surface area contributed by atoms with E-state index in [1.54, 1.807) is 0 Å². The molecule has 428 valence electrons. The molecule has 9 nitrogen and oxygen atoms in total. The Bertz CT molecular complexity index is 1440. The van der Waals surface area contributed by atoms with Crippen molar-refractivity contribution in [3.05, 3.63) is 72.9 Å². The van der Waals surface area contributed by atoms with Crippen LogP contribution in [0, 0.1) is 0 Å². The quantitative estimate of drug-likeness (QED) is 0.0211. The molecule has 0 spiro atoms. The fourth-order valence-corrected chi connectivity index (χ4v) is 8.55. The predicted octanol–water partition coefficient (Wildman–Crippen LogP) is 18.2. The Hall–Kier alpha value is -3.27. The van der Waals surface area contributed by atoms with Gasteiger partial charge in [-0.1, -0.05) is 260 Å². The van der Waals surface area contributed by atoms with Gasteiger partial charge in [0.05, 0.1) is 34.4 Å². The topological polar surface area (TPSA) is 108 Å². The summed E-state index contributed by atoms with van der Waals surface area (Å²) in [4.78, 5) is 37.5. The fraction of sp³-hybridized carbons (Fsp3) is 0.769. The normalized spacial score (nSPS) is 13.3. The molecule has 0 saturated carbocycles. The van der Waals surface area contributed by atoms with Gasteiger partial charge in [0, 0.05) is 12.8 Å². The summed E-state index contributed by atoms with van der Waals surface area (Å²) in [6.45, 7) is 4.79. The third kappa shape index (κ3) is 56.5. The van der Waals surface area contributed by atoms with Gasteiger partial charge in [-0.3, -0.25) is 9.59 Å². The molecule has 0 rings (SSSR count). The number of ether oxygens (including phenoxy) is 4. The van der Waals surface area contributed by atoms with Crippen LogP contribution in [0.3, 0.4) is 0 Å². The van der Waals surface area contributed by atoms with Crippen LogP contribution < -0.4 is 0 Å². The van der Waals surface area contributed by atoms with E-state index in [0.717, 1.165) is 83.5 Å². The van der Waals surface area contributed by atoms with Crippen molar-refractivity contribution in [2.24, 2.45) is 0 Å². The second-order valence-electron chi connectivity index (χ2n) is 21.6. The number of aliphatic carboxylic acids is 1. The Morgan fingerprint density at radius 1 is 0.419 bits per heavy atom. The summed E-state index contributed by atoms with van der Waals surface area (Å²) in [5, 5.41) is 9.71. The Kier molecular flexibility index (Phi) is 53.5. The molecule has 74 heavy (non-hydrogen) atoms. The molecule has 0 aromatic rings. The van der Waals surface area contributed by atoms with Crippen LogP contribution in [0.15, 0.2) is 72.9 Å². The lowest BCUT2D eigenvalue weighted by atomic mass is 10.0. The van der Waals surface area contributed by atoms with Crippen molar-refractivity contribution in [2.45, 2.75) is 277 Å². The van der Waals surface area contributed by atoms with Crippen molar-refractivity contribution in [3.63, 3.8) is 0 Å². The summed E-state index contributed by atoms with van der Waals surface area (Å²) in [6, 6.07) is 0. The zero-order valence-electron chi connectivity index (χ0n) is 48.7. The summed E-state index contributed by atoms with van der Waals surface area (Å²) in [7, 11) is 5.97. The van der Waals surface area contributed by atoms with Gasteiger partial charge in [-0.15, -0.1) is 0 Å². The molecule has 1 N–H and O–H groups in total. The highest BCUT2D eigenvalue weighted by Crippen LogP contribution is 2.17. The van der Waals surface area contributed by atoms with Gasteiger partial charge in [-0.05, 0) is 64.2 Å². The first-order valence-corrected chi connectivity index (χ1v) is 30.6. The van der Waals surface area contributed by atoms with Gasteiger partial charge in [0.15, 0.2) is 6.10 Å². The lowest BCUT2D eigenvalue weighted by Crippen LogP contribution is -2.40. The zero-order valence-corrected chi connectivity index (χ0v) is 48.7. The summed E-state index contributed by atoms with van der Waals surface area (Å²) in [5.41, 5.74) is 0. The summed E-state index contributed by atoms with van der Waals surface area (Å²) >= 11 is 0. The first-order valence-electron chi connectivity index (χ1n) is 30.6. The van der Waals surface area contributed by atoms with Gasteiger partial charge in [0.1, 0.15) is 13.2 Å². The Balaban J connectivity index is 4.18. The van der Waals surface area contributed by atoms with E-state index >= 15 is 0 Å². The largest absolute Gasteiger partial charge is 0.477 e. The molecule has 9 heteroatoms. The summed E-state index contributed by atoms with van der Waals surface area (Å²) in [6.07, 6.45) is 69.8. The van der Waals surface area contributed by atoms with E-state index in [1.807, 2.05) is 21.1 Å². The molecule has 2 unspecified atom stereocenters. The maximum Gasteiger partial charge on any atom is 0.361 e. The molecule has 0 aliphatic carbocycles. The van der Waals surface area contributed by atoms with Gasteiger partial charge >= 0.3 is 17.9 Å². The molecule has 0 heterocycles. The molecule has 0 radical (unpaired) electrons. The van der Waals surface area contributed by atoms with Crippen LogP contribution in [0.1, 0.15) is 264 Å². The Morgan fingerprint density at radius 3 is 1.15 bits per heavy atom. The van der Waals surface area contributed by atoms with E-state index in [2.05, 4.69) is 86.8 Å². The van der Waals surface area contributed by atoms with Gasteiger partial charge in [-0.2, -0.15) is 0 Å². The number of carbonyl (C=O) groups is 3. The first kappa shape index (κ1) is 70.7. The number of hydrogen-bond acceptors (Lipinski definition) is 7. The van der Waals surface area contributed by atoms with E-state index in [1.165, 1.54) is 154 Å². The third-order valence-electron chi connectivity index (χ3n) is 13.2. The monoisotopic (exact) mass is 1040 g/mol. The fourth-order valence-electron chi connectivity index (χ4n) is 8.55. The van der Waals surface area contributed by atoms with Gasteiger partial charge in [-0.25, -0.2) is 4.79 Å². The number of hydrogen-bond donors (Lipinski definition) is 1.